The molecule has 1 atom stereocenters. The van der Waals surface area contributed by atoms with Gasteiger partial charge in [-0.15, -0.1) is 0 Å². The minimum absolute atomic E-state index is 0.139. The quantitative estimate of drug-likeness (QED) is 0.648. The van der Waals surface area contributed by atoms with Gasteiger partial charge in [0.05, 0.1) is 12.5 Å². The van der Waals surface area contributed by atoms with E-state index in [1.807, 2.05) is 18.2 Å². The summed E-state index contributed by atoms with van der Waals surface area (Å²) in [6.45, 7) is 3.23. The van der Waals surface area contributed by atoms with Gasteiger partial charge in [0.25, 0.3) is 0 Å². The predicted molar refractivity (Wildman–Crippen MR) is 95.8 cm³/mol. The van der Waals surface area contributed by atoms with Gasteiger partial charge in [0.2, 0.25) is 11.2 Å². The number of hydrogen-bond acceptors (Lipinski definition) is 6. The van der Waals surface area contributed by atoms with Gasteiger partial charge >= 0.3 is 5.97 Å². The number of hydrogen-bond donors (Lipinski definition) is 0. The zero-order valence-electron chi connectivity index (χ0n) is 14.6. The normalized spacial score (nSPS) is 11.8. The molecule has 0 radical (unpaired) electrons. The Balaban J connectivity index is 1.96. The molecular formula is C20H18O6. The summed E-state index contributed by atoms with van der Waals surface area (Å²) < 4.78 is 21.6. The summed E-state index contributed by atoms with van der Waals surface area (Å²) in [5.74, 6) is 0.947. The van der Waals surface area contributed by atoms with E-state index in [0.29, 0.717) is 28.2 Å². The lowest BCUT2D eigenvalue weighted by Gasteiger charge is -2.13. The van der Waals surface area contributed by atoms with Crippen LogP contribution in [-0.4, -0.2) is 19.2 Å². The fraction of sp³-hybridized carbons (Fsp3) is 0.200. The topological polar surface area (TPSA) is 75.0 Å². The van der Waals surface area contributed by atoms with Crippen molar-refractivity contribution in [1.29, 1.82) is 0 Å². The van der Waals surface area contributed by atoms with Gasteiger partial charge in [-0.1, -0.05) is 18.2 Å². The van der Waals surface area contributed by atoms with Crippen LogP contribution in [0.4, 0.5) is 0 Å². The Morgan fingerprint density at radius 2 is 1.81 bits per heavy atom. The number of para-hydroxylation sites is 1. The molecule has 0 aliphatic carbocycles. The monoisotopic (exact) mass is 354 g/mol. The Morgan fingerprint density at radius 1 is 1.08 bits per heavy atom. The largest absolute Gasteiger partial charge is 0.479 e. The van der Waals surface area contributed by atoms with Crippen LogP contribution >= 0.6 is 0 Å². The second-order valence-electron chi connectivity index (χ2n) is 5.67. The summed E-state index contributed by atoms with van der Waals surface area (Å²) in [6, 6.07) is 13.8. The first kappa shape index (κ1) is 17.5. The molecule has 0 N–H and O–H groups in total. The van der Waals surface area contributed by atoms with Gasteiger partial charge in [0.1, 0.15) is 22.8 Å². The number of carbonyl (C=O) groups is 1. The Hall–Kier alpha value is -3.28. The second kappa shape index (κ2) is 7.31. The summed E-state index contributed by atoms with van der Waals surface area (Å²) in [6.07, 6.45) is -0.772. The number of fused-ring (bicyclic) bond motifs is 1. The van der Waals surface area contributed by atoms with Crippen molar-refractivity contribution in [1.82, 2.24) is 0 Å². The van der Waals surface area contributed by atoms with Crippen molar-refractivity contribution in [3.8, 4) is 17.2 Å². The number of methoxy groups -OCH3 is 1. The van der Waals surface area contributed by atoms with Crippen molar-refractivity contribution in [2.75, 3.05) is 7.11 Å². The SMILES string of the molecule is COC(=O)[C@H](C)Oc1ccc2c(=O)c(Oc3ccccc3)c(C)oc2c1. The van der Waals surface area contributed by atoms with Gasteiger partial charge in [0, 0.05) is 6.07 Å². The highest BCUT2D eigenvalue weighted by Gasteiger charge is 2.17. The first-order chi connectivity index (χ1) is 12.5. The Kier molecular flexibility index (Phi) is 4.93. The van der Waals surface area contributed by atoms with Gasteiger partial charge in [0.15, 0.2) is 6.10 Å². The molecule has 0 aliphatic heterocycles. The van der Waals surface area contributed by atoms with Crippen LogP contribution in [0, 0.1) is 6.92 Å². The van der Waals surface area contributed by atoms with Crippen molar-refractivity contribution in [3.63, 3.8) is 0 Å². The fourth-order valence-electron chi connectivity index (χ4n) is 2.48. The maximum Gasteiger partial charge on any atom is 0.346 e. The van der Waals surface area contributed by atoms with Crippen molar-refractivity contribution >= 4 is 16.9 Å². The highest BCUT2D eigenvalue weighted by Crippen LogP contribution is 2.27. The molecular weight excluding hydrogens is 336 g/mol. The Labute approximate surface area is 149 Å². The molecule has 3 aromatic rings. The van der Waals surface area contributed by atoms with Crippen LogP contribution in [0.15, 0.2) is 57.7 Å². The molecule has 0 saturated carbocycles. The van der Waals surface area contributed by atoms with Crippen molar-refractivity contribution in [2.24, 2.45) is 0 Å². The lowest BCUT2D eigenvalue weighted by Crippen LogP contribution is -2.24. The molecule has 2 aromatic carbocycles. The minimum Gasteiger partial charge on any atom is -0.479 e. The highest BCUT2D eigenvalue weighted by atomic mass is 16.6. The molecule has 6 nitrogen and oxygen atoms in total. The molecule has 1 heterocycles. The van der Waals surface area contributed by atoms with Crippen molar-refractivity contribution in [3.05, 3.63) is 64.5 Å². The van der Waals surface area contributed by atoms with Crippen molar-refractivity contribution < 1.29 is 23.4 Å². The van der Waals surface area contributed by atoms with Gasteiger partial charge < -0.3 is 18.6 Å². The van der Waals surface area contributed by atoms with Crippen LogP contribution in [0.25, 0.3) is 11.0 Å². The Morgan fingerprint density at radius 3 is 2.50 bits per heavy atom. The number of rotatable bonds is 5. The van der Waals surface area contributed by atoms with Crippen LogP contribution in [0.5, 0.6) is 17.2 Å². The molecule has 3 rings (SSSR count). The van der Waals surface area contributed by atoms with Gasteiger partial charge in [-0.2, -0.15) is 0 Å². The van der Waals surface area contributed by atoms with E-state index in [4.69, 9.17) is 13.9 Å². The van der Waals surface area contributed by atoms with Gasteiger partial charge in [-0.3, -0.25) is 4.79 Å². The average molecular weight is 354 g/mol. The summed E-state index contributed by atoms with van der Waals surface area (Å²) in [7, 11) is 1.29. The second-order valence-corrected chi connectivity index (χ2v) is 5.67. The molecule has 1 aromatic heterocycles. The molecule has 6 heteroatoms. The van der Waals surface area contributed by atoms with E-state index in [1.165, 1.54) is 7.11 Å². The number of carbonyl (C=O) groups excluding carboxylic acids is 1. The number of esters is 1. The lowest BCUT2D eigenvalue weighted by atomic mass is 10.2. The Bertz CT molecular complexity index is 990. The van der Waals surface area contributed by atoms with Crippen LogP contribution in [0.1, 0.15) is 12.7 Å². The van der Waals surface area contributed by atoms with E-state index >= 15 is 0 Å². The third kappa shape index (κ3) is 3.54. The molecule has 0 bridgehead atoms. The lowest BCUT2D eigenvalue weighted by molar-refractivity contribution is -0.147. The van der Waals surface area contributed by atoms with Crippen LogP contribution in [0.2, 0.25) is 0 Å². The highest BCUT2D eigenvalue weighted by molar-refractivity contribution is 5.80. The van der Waals surface area contributed by atoms with Gasteiger partial charge in [-0.05, 0) is 38.1 Å². The zero-order valence-corrected chi connectivity index (χ0v) is 14.6. The van der Waals surface area contributed by atoms with E-state index in [0.717, 1.165) is 0 Å². The van der Waals surface area contributed by atoms with Crippen LogP contribution < -0.4 is 14.9 Å². The van der Waals surface area contributed by atoms with Gasteiger partial charge in [-0.25, -0.2) is 4.79 Å². The summed E-state index contributed by atoms with van der Waals surface area (Å²) in [4.78, 5) is 24.2. The van der Waals surface area contributed by atoms with Crippen LogP contribution in [-0.2, 0) is 9.53 Å². The standard InChI is InChI=1S/C20H18O6/c1-12-19(26-14-7-5-4-6-8-14)18(21)16-10-9-15(11-17(16)25-12)24-13(2)20(22)23-3/h4-11,13H,1-3H3/t13-/m0/s1. The molecule has 0 saturated heterocycles. The zero-order chi connectivity index (χ0) is 18.7. The number of ether oxygens (including phenoxy) is 3. The molecule has 0 unspecified atom stereocenters. The minimum atomic E-state index is -0.772. The molecule has 26 heavy (non-hydrogen) atoms. The number of benzene rings is 2. The first-order valence-electron chi connectivity index (χ1n) is 8.04. The molecule has 0 fully saturated rings. The molecule has 0 aliphatic rings. The molecule has 134 valence electrons. The number of aryl methyl sites for hydroxylation is 1. The predicted octanol–water partition coefficient (Wildman–Crippen LogP) is 3.83. The third-order valence-corrected chi connectivity index (χ3v) is 3.80. The van der Waals surface area contributed by atoms with Crippen LogP contribution in [0.3, 0.4) is 0 Å². The fourth-order valence-corrected chi connectivity index (χ4v) is 2.48. The van der Waals surface area contributed by atoms with E-state index in [1.54, 1.807) is 44.2 Å². The van der Waals surface area contributed by atoms with E-state index in [-0.39, 0.29) is 11.2 Å². The van der Waals surface area contributed by atoms with E-state index in [9.17, 15) is 9.59 Å². The summed E-state index contributed by atoms with van der Waals surface area (Å²) >= 11 is 0. The maximum atomic E-state index is 12.7. The van der Waals surface area contributed by atoms with E-state index < -0.39 is 12.1 Å². The average Bonchev–Trinajstić information content (AvgIpc) is 2.65. The molecule has 0 spiro atoms. The smallest absolute Gasteiger partial charge is 0.346 e. The maximum absolute atomic E-state index is 12.7. The summed E-state index contributed by atoms with van der Waals surface area (Å²) in [5, 5.41) is 0.361. The molecule has 0 amide bonds. The first-order valence-corrected chi connectivity index (χ1v) is 8.04. The third-order valence-electron chi connectivity index (χ3n) is 3.80. The van der Waals surface area contributed by atoms with Crippen molar-refractivity contribution in [2.45, 2.75) is 20.0 Å². The summed E-state index contributed by atoms with van der Waals surface area (Å²) in [5.41, 5.74) is 0.0719. The van der Waals surface area contributed by atoms with E-state index in [2.05, 4.69) is 4.74 Å².